The van der Waals surface area contributed by atoms with Crippen molar-refractivity contribution in [2.75, 3.05) is 24.1 Å². The third kappa shape index (κ3) is 5.96. The lowest BCUT2D eigenvalue weighted by atomic mass is 10.0. The first-order chi connectivity index (χ1) is 15.6. The summed E-state index contributed by atoms with van der Waals surface area (Å²) in [4.78, 5) is 8.45. The Morgan fingerprint density at radius 2 is 1.75 bits per heavy atom. The standard InChI is InChI=1S/C22H23ClN6O.C2H6/c23-15-5-9-18(10-6-15)30-17-7-3-14(4-8-17)20(24)19-21(25)27-13-28-22(19)29-16-2-1-11-26-12-16;1-2/h3-10,13,16,24,26H,1-2,11-12H2,(H3,25,27,28,29);1-2H3. The Morgan fingerprint density at radius 1 is 1.09 bits per heavy atom. The normalized spacial score (nSPS) is 15.3. The van der Waals surface area contributed by atoms with Gasteiger partial charge < -0.3 is 21.1 Å². The predicted octanol–water partition coefficient (Wildman–Crippen LogP) is 5.11. The Morgan fingerprint density at radius 3 is 2.38 bits per heavy atom. The maximum atomic E-state index is 8.71. The van der Waals surface area contributed by atoms with Gasteiger partial charge in [0.2, 0.25) is 0 Å². The summed E-state index contributed by atoms with van der Waals surface area (Å²) >= 11 is 5.91. The molecule has 0 radical (unpaired) electrons. The summed E-state index contributed by atoms with van der Waals surface area (Å²) in [5.74, 6) is 2.22. The molecule has 1 aromatic heterocycles. The van der Waals surface area contributed by atoms with Gasteiger partial charge >= 0.3 is 0 Å². The molecule has 1 unspecified atom stereocenters. The van der Waals surface area contributed by atoms with Gasteiger partial charge in [-0.2, -0.15) is 0 Å². The first-order valence-corrected chi connectivity index (χ1v) is 11.2. The predicted molar refractivity (Wildman–Crippen MR) is 131 cm³/mol. The smallest absolute Gasteiger partial charge is 0.141 e. The number of nitrogens with two attached hydrogens (primary N) is 1. The van der Waals surface area contributed by atoms with Crippen LogP contribution in [0, 0.1) is 5.41 Å². The quantitative estimate of drug-likeness (QED) is 0.387. The minimum atomic E-state index is 0.245. The van der Waals surface area contributed by atoms with Crippen molar-refractivity contribution in [2.24, 2.45) is 0 Å². The fraction of sp³-hybridized carbons (Fsp3) is 0.292. The number of aromatic nitrogens is 2. The summed E-state index contributed by atoms with van der Waals surface area (Å²) in [7, 11) is 0. The van der Waals surface area contributed by atoms with Crippen molar-refractivity contribution >= 4 is 28.9 Å². The summed E-state index contributed by atoms with van der Waals surface area (Å²) in [6.45, 7) is 5.88. The molecular weight excluding hydrogens is 424 g/mol. The number of nitrogens with zero attached hydrogens (tertiary/aromatic N) is 2. The van der Waals surface area contributed by atoms with Crippen LogP contribution in [0.4, 0.5) is 11.6 Å². The SMILES string of the molecule is CC.N=C(c1ccc(Oc2ccc(Cl)cc2)cc1)c1c(N)ncnc1NC1CCCNC1. The van der Waals surface area contributed by atoms with Crippen LogP contribution < -0.4 is 21.1 Å². The molecule has 1 fully saturated rings. The van der Waals surface area contributed by atoms with Gasteiger partial charge in [-0.3, -0.25) is 5.41 Å². The average molecular weight is 453 g/mol. The molecule has 0 spiro atoms. The minimum absolute atomic E-state index is 0.245. The van der Waals surface area contributed by atoms with Crippen molar-refractivity contribution in [3.63, 3.8) is 0 Å². The Balaban J connectivity index is 0.00000141. The fourth-order valence-corrected chi connectivity index (χ4v) is 3.52. The van der Waals surface area contributed by atoms with Gasteiger partial charge in [0.1, 0.15) is 29.5 Å². The van der Waals surface area contributed by atoms with Crippen molar-refractivity contribution in [2.45, 2.75) is 32.7 Å². The van der Waals surface area contributed by atoms with Crippen molar-refractivity contribution in [3.8, 4) is 11.5 Å². The van der Waals surface area contributed by atoms with Gasteiger partial charge in [-0.05, 0) is 67.9 Å². The molecular formula is C24H29ClN6O. The van der Waals surface area contributed by atoms with E-state index in [4.69, 9.17) is 27.5 Å². The Kier molecular flexibility index (Phi) is 8.41. The third-order valence-corrected chi connectivity index (χ3v) is 5.21. The summed E-state index contributed by atoms with van der Waals surface area (Å²) in [6.07, 6.45) is 3.56. The molecule has 0 aliphatic carbocycles. The van der Waals surface area contributed by atoms with Crippen LogP contribution in [0.1, 0.15) is 37.8 Å². The van der Waals surface area contributed by atoms with Crippen molar-refractivity contribution in [1.82, 2.24) is 15.3 Å². The third-order valence-electron chi connectivity index (χ3n) is 4.96. The van der Waals surface area contributed by atoms with E-state index in [1.807, 2.05) is 38.1 Å². The highest BCUT2D eigenvalue weighted by molar-refractivity contribution is 6.30. The van der Waals surface area contributed by atoms with Crippen molar-refractivity contribution in [1.29, 1.82) is 5.41 Å². The summed E-state index contributed by atoms with van der Waals surface area (Å²) < 4.78 is 5.82. The van der Waals surface area contributed by atoms with E-state index in [0.717, 1.165) is 25.9 Å². The van der Waals surface area contributed by atoms with Crippen LogP contribution in [-0.2, 0) is 0 Å². The van der Waals surface area contributed by atoms with E-state index >= 15 is 0 Å². The zero-order chi connectivity index (χ0) is 22.9. The van der Waals surface area contributed by atoms with Crippen LogP contribution >= 0.6 is 11.6 Å². The molecule has 1 aliphatic heterocycles. The second-order valence-electron chi connectivity index (χ2n) is 7.13. The molecule has 7 nitrogen and oxygen atoms in total. The lowest BCUT2D eigenvalue weighted by molar-refractivity contribution is 0.479. The molecule has 2 aromatic carbocycles. The highest BCUT2D eigenvalue weighted by Crippen LogP contribution is 2.26. The Bertz CT molecular complexity index is 1020. The van der Waals surface area contributed by atoms with Crippen LogP contribution in [0.15, 0.2) is 54.9 Å². The molecule has 1 saturated heterocycles. The van der Waals surface area contributed by atoms with Crippen LogP contribution in [0.3, 0.4) is 0 Å². The molecule has 1 atom stereocenters. The van der Waals surface area contributed by atoms with E-state index in [9.17, 15) is 0 Å². The molecule has 0 bridgehead atoms. The van der Waals surface area contributed by atoms with E-state index in [0.29, 0.717) is 33.5 Å². The van der Waals surface area contributed by atoms with E-state index in [2.05, 4.69) is 20.6 Å². The zero-order valence-electron chi connectivity index (χ0n) is 18.4. The van der Waals surface area contributed by atoms with Gasteiger partial charge in [0.25, 0.3) is 0 Å². The average Bonchev–Trinajstić information content (AvgIpc) is 2.83. The molecule has 32 heavy (non-hydrogen) atoms. The summed E-state index contributed by atoms with van der Waals surface area (Å²) in [6, 6.07) is 14.7. The van der Waals surface area contributed by atoms with Gasteiger partial charge in [0.15, 0.2) is 0 Å². The zero-order valence-corrected chi connectivity index (χ0v) is 19.1. The largest absolute Gasteiger partial charge is 0.457 e. The number of nitrogen functional groups attached to an aromatic ring is 1. The number of nitrogens with one attached hydrogen (secondary N) is 3. The van der Waals surface area contributed by atoms with E-state index in [-0.39, 0.29) is 17.6 Å². The Labute approximate surface area is 193 Å². The maximum Gasteiger partial charge on any atom is 0.141 e. The summed E-state index contributed by atoms with van der Waals surface area (Å²) in [5.41, 5.74) is 7.60. The topological polar surface area (TPSA) is 109 Å². The lowest BCUT2D eigenvalue weighted by Gasteiger charge is -2.25. The maximum absolute atomic E-state index is 8.71. The van der Waals surface area contributed by atoms with E-state index in [1.165, 1.54) is 6.33 Å². The van der Waals surface area contributed by atoms with Gasteiger partial charge in [-0.1, -0.05) is 25.4 Å². The van der Waals surface area contributed by atoms with Crippen LogP contribution in [0.25, 0.3) is 0 Å². The van der Waals surface area contributed by atoms with Gasteiger partial charge in [0.05, 0.1) is 11.3 Å². The Hall–Kier alpha value is -3.16. The van der Waals surface area contributed by atoms with Crippen LogP contribution in [-0.4, -0.2) is 34.8 Å². The molecule has 4 rings (SSSR count). The first kappa shape index (κ1) is 23.5. The second kappa shape index (κ2) is 11.5. The number of anilines is 2. The molecule has 0 amide bonds. The number of hydrogen-bond donors (Lipinski definition) is 4. The highest BCUT2D eigenvalue weighted by Gasteiger charge is 2.20. The monoisotopic (exact) mass is 452 g/mol. The van der Waals surface area contributed by atoms with Crippen molar-refractivity contribution in [3.05, 3.63) is 71.0 Å². The molecule has 0 saturated carbocycles. The van der Waals surface area contributed by atoms with Crippen molar-refractivity contribution < 1.29 is 4.74 Å². The number of halogens is 1. The fourth-order valence-electron chi connectivity index (χ4n) is 3.40. The summed E-state index contributed by atoms with van der Waals surface area (Å²) in [5, 5.41) is 16.2. The minimum Gasteiger partial charge on any atom is -0.457 e. The number of ether oxygens (including phenoxy) is 1. The number of rotatable bonds is 6. The van der Waals surface area contributed by atoms with Crippen LogP contribution in [0.2, 0.25) is 5.02 Å². The van der Waals surface area contributed by atoms with E-state index < -0.39 is 0 Å². The first-order valence-electron chi connectivity index (χ1n) is 10.8. The number of benzene rings is 2. The highest BCUT2D eigenvalue weighted by atomic mass is 35.5. The molecule has 1 aliphatic rings. The van der Waals surface area contributed by atoms with E-state index in [1.54, 1.807) is 24.3 Å². The number of piperidine rings is 1. The van der Waals surface area contributed by atoms with Gasteiger partial charge in [0, 0.05) is 23.2 Å². The molecule has 2 heterocycles. The molecule has 8 heteroatoms. The molecule has 3 aromatic rings. The van der Waals surface area contributed by atoms with Gasteiger partial charge in [-0.15, -0.1) is 0 Å². The van der Waals surface area contributed by atoms with Gasteiger partial charge in [-0.25, -0.2) is 9.97 Å². The lowest BCUT2D eigenvalue weighted by Crippen LogP contribution is -2.39. The second-order valence-corrected chi connectivity index (χ2v) is 7.56. The van der Waals surface area contributed by atoms with Crippen LogP contribution in [0.5, 0.6) is 11.5 Å². The molecule has 168 valence electrons. The number of hydrogen-bond acceptors (Lipinski definition) is 7. The molecule has 5 N–H and O–H groups in total.